The molecule has 0 N–H and O–H groups in total. The van der Waals surface area contributed by atoms with Gasteiger partial charge in [0.15, 0.2) is 0 Å². The van der Waals surface area contributed by atoms with Crippen molar-refractivity contribution in [2.75, 3.05) is 0 Å². The first-order chi connectivity index (χ1) is 4.91. The minimum atomic E-state index is -1.06. The topological polar surface area (TPSA) is 0 Å². The Balaban J connectivity index is 3.08. The van der Waals surface area contributed by atoms with Crippen LogP contribution in [0.2, 0.25) is 19.6 Å². The van der Waals surface area contributed by atoms with Gasteiger partial charge in [-0.25, -0.2) is 0 Å². The first kappa shape index (κ1) is 10.2. The third-order valence-corrected chi connectivity index (χ3v) is 8.76. The molecule has 0 saturated carbocycles. The van der Waals surface area contributed by atoms with Crippen LogP contribution in [0.1, 0.15) is 0 Å². The van der Waals surface area contributed by atoms with E-state index in [2.05, 4.69) is 64.2 Å². The molecule has 0 amide bonds. The Morgan fingerprint density at radius 3 is 2.18 bits per heavy atom. The third-order valence-electron chi connectivity index (χ3n) is 1.38. The molecule has 0 spiro atoms. The summed E-state index contributed by atoms with van der Waals surface area (Å²) in [5.74, 6) is 0. The standard InChI is InChI=1S/C7H10BrISSi/c1-11(2,3)6-4-5(8)7(9)10-6/h4H,1-3H3. The minimum Gasteiger partial charge on any atom is -0.138 e. The average Bonchev–Trinajstić information content (AvgIpc) is 2.11. The highest BCUT2D eigenvalue weighted by molar-refractivity contribution is 14.1. The lowest BCUT2D eigenvalue weighted by atomic mass is 10.7. The molecule has 11 heavy (non-hydrogen) atoms. The van der Waals surface area contributed by atoms with Crippen molar-refractivity contribution in [1.82, 2.24) is 0 Å². The Morgan fingerprint density at radius 1 is 1.45 bits per heavy atom. The zero-order valence-corrected chi connectivity index (χ0v) is 12.3. The van der Waals surface area contributed by atoms with Gasteiger partial charge in [-0.15, -0.1) is 11.3 Å². The van der Waals surface area contributed by atoms with E-state index in [4.69, 9.17) is 0 Å². The molecular formula is C7H10BrISSi. The molecule has 0 aromatic carbocycles. The van der Waals surface area contributed by atoms with Crippen LogP contribution in [0, 0.1) is 2.88 Å². The van der Waals surface area contributed by atoms with Crippen LogP contribution in [-0.4, -0.2) is 8.07 Å². The van der Waals surface area contributed by atoms with E-state index < -0.39 is 8.07 Å². The predicted molar refractivity (Wildman–Crippen MR) is 67.7 cm³/mol. The van der Waals surface area contributed by atoms with Crippen LogP contribution in [0.5, 0.6) is 0 Å². The summed E-state index contributed by atoms with van der Waals surface area (Å²) in [5.41, 5.74) is 0. The molecular weight excluding hydrogens is 351 g/mol. The highest BCUT2D eigenvalue weighted by Crippen LogP contribution is 2.25. The Hall–Kier alpha value is 1.13. The molecule has 0 aliphatic carbocycles. The van der Waals surface area contributed by atoms with Crippen molar-refractivity contribution in [1.29, 1.82) is 0 Å². The number of hydrogen-bond donors (Lipinski definition) is 0. The molecule has 0 fully saturated rings. The van der Waals surface area contributed by atoms with Gasteiger partial charge in [-0.1, -0.05) is 19.6 Å². The van der Waals surface area contributed by atoms with E-state index in [0.717, 1.165) is 0 Å². The van der Waals surface area contributed by atoms with Crippen LogP contribution < -0.4 is 4.50 Å². The fraction of sp³-hybridized carbons (Fsp3) is 0.429. The van der Waals surface area contributed by atoms with Crippen LogP contribution >= 0.6 is 49.9 Å². The second kappa shape index (κ2) is 3.47. The van der Waals surface area contributed by atoms with Gasteiger partial charge in [0.1, 0.15) is 0 Å². The van der Waals surface area contributed by atoms with E-state index in [0.29, 0.717) is 0 Å². The molecule has 1 heterocycles. The summed E-state index contributed by atoms with van der Waals surface area (Å²) >= 11 is 7.84. The molecule has 4 heteroatoms. The molecule has 1 aromatic heterocycles. The summed E-state index contributed by atoms with van der Waals surface area (Å²) in [5, 5.41) is 0. The van der Waals surface area contributed by atoms with Crippen LogP contribution in [0.15, 0.2) is 10.5 Å². The summed E-state index contributed by atoms with van der Waals surface area (Å²) in [6, 6.07) is 2.28. The van der Waals surface area contributed by atoms with Gasteiger partial charge in [-0.05, 0) is 49.1 Å². The maximum Gasteiger partial charge on any atom is 0.0905 e. The summed E-state index contributed by atoms with van der Waals surface area (Å²) < 4.78 is 4.22. The van der Waals surface area contributed by atoms with Crippen LogP contribution in [0.4, 0.5) is 0 Å². The first-order valence-electron chi connectivity index (χ1n) is 3.36. The molecule has 62 valence electrons. The normalized spacial score (nSPS) is 12.1. The molecule has 0 nitrogen and oxygen atoms in total. The number of halogens is 2. The average molecular weight is 361 g/mol. The van der Waals surface area contributed by atoms with Crippen molar-refractivity contribution in [2.45, 2.75) is 19.6 Å². The summed E-state index contributed by atoms with van der Waals surface area (Å²) in [6.45, 7) is 7.13. The van der Waals surface area contributed by atoms with Gasteiger partial charge in [0.25, 0.3) is 0 Å². The van der Waals surface area contributed by atoms with E-state index >= 15 is 0 Å². The van der Waals surface area contributed by atoms with E-state index in [1.54, 1.807) is 4.50 Å². The van der Waals surface area contributed by atoms with E-state index in [9.17, 15) is 0 Å². The van der Waals surface area contributed by atoms with E-state index in [1.807, 2.05) is 11.3 Å². The molecule has 1 rings (SSSR count). The lowest BCUT2D eigenvalue weighted by Crippen LogP contribution is -2.34. The van der Waals surface area contributed by atoms with E-state index in [1.165, 1.54) is 7.36 Å². The fourth-order valence-electron chi connectivity index (χ4n) is 0.716. The molecule has 1 aromatic rings. The molecule has 0 radical (unpaired) electrons. The van der Waals surface area contributed by atoms with Gasteiger partial charge in [-0.3, -0.25) is 0 Å². The summed E-state index contributed by atoms with van der Waals surface area (Å²) in [4.78, 5) is 0. The van der Waals surface area contributed by atoms with Crippen molar-refractivity contribution in [3.05, 3.63) is 13.4 Å². The summed E-state index contributed by atoms with van der Waals surface area (Å²) in [6.07, 6.45) is 0. The fourth-order valence-corrected chi connectivity index (χ4v) is 5.68. The lowest BCUT2D eigenvalue weighted by Gasteiger charge is -2.11. The second-order valence-corrected chi connectivity index (χ2v) is 12.6. The third kappa shape index (κ3) is 2.53. The minimum absolute atomic E-state index is 1.06. The predicted octanol–water partition coefficient (Wildman–Crippen LogP) is 3.66. The zero-order valence-electron chi connectivity index (χ0n) is 6.74. The lowest BCUT2D eigenvalue weighted by molar-refractivity contribution is 1.77. The number of thiophene rings is 1. The monoisotopic (exact) mass is 360 g/mol. The number of rotatable bonds is 1. The van der Waals surface area contributed by atoms with Crippen LogP contribution in [-0.2, 0) is 0 Å². The molecule has 0 bridgehead atoms. The highest BCUT2D eigenvalue weighted by atomic mass is 127. The van der Waals surface area contributed by atoms with Gasteiger partial charge in [0.2, 0.25) is 0 Å². The quantitative estimate of drug-likeness (QED) is 0.529. The van der Waals surface area contributed by atoms with Gasteiger partial charge < -0.3 is 0 Å². The molecule has 0 atom stereocenters. The van der Waals surface area contributed by atoms with Gasteiger partial charge in [0.05, 0.1) is 11.0 Å². The van der Waals surface area contributed by atoms with Gasteiger partial charge >= 0.3 is 0 Å². The first-order valence-corrected chi connectivity index (χ1v) is 9.55. The SMILES string of the molecule is C[Si](C)(C)c1cc(Br)c(I)s1. The van der Waals surface area contributed by atoms with E-state index in [-0.39, 0.29) is 0 Å². The van der Waals surface area contributed by atoms with Crippen molar-refractivity contribution in [3.8, 4) is 0 Å². The molecule has 0 aliphatic rings. The van der Waals surface area contributed by atoms with Gasteiger partial charge in [-0.2, -0.15) is 0 Å². The Kier molecular flexibility index (Phi) is 3.22. The Morgan fingerprint density at radius 2 is 2.00 bits per heavy atom. The van der Waals surface area contributed by atoms with Crippen molar-refractivity contribution >= 4 is 62.4 Å². The maximum atomic E-state index is 3.53. The van der Waals surface area contributed by atoms with Crippen molar-refractivity contribution in [3.63, 3.8) is 0 Å². The molecule has 0 unspecified atom stereocenters. The maximum absolute atomic E-state index is 3.53. The van der Waals surface area contributed by atoms with Crippen LogP contribution in [0.3, 0.4) is 0 Å². The van der Waals surface area contributed by atoms with Crippen molar-refractivity contribution < 1.29 is 0 Å². The Labute approximate surface area is 94.7 Å². The van der Waals surface area contributed by atoms with Crippen LogP contribution in [0.25, 0.3) is 0 Å². The number of hydrogen-bond acceptors (Lipinski definition) is 1. The smallest absolute Gasteiger partial charge is 0.0905 e. The zero-order chi connectivity index (χ0) is 8.65. The summed E-state index contributed by atoms with van der Waals surface area (Å²) in [7, 11) is -1.06. The van der Waals surface area contributed by atoms with Crippen molar-refractivity contribution in [2.24, 2.45) is 0 Å². The highest BCUT2D eigenvalue weighted by Gasteiger charge is 2.19. The Bertz CT molecular complexity index is 244. The van der Waals surface area contributed by atoms with Gasteiger partial charge in [0, 0.05) is 4.47 Å². The molecule has 0 saturated heterocycles. The largest absolute Gasteiger partial charge is 0.138 e. The second-order valence-electron chi connectivity index (χ2n) is 3.48. The molecule has 0 aliphatic heterocycles.